The Balaban J connectivity index is 1.63. The van der Waals surface area contributed by atoms with Gasteiger partial charge in [0, 0.05) is 24.2 Å². The topological polar surface area (TPSA) is 125 Å². The van der Waals surface area contributed by atoms with Crippen LogP contribution < -0.4 is 14.8 Å². The van der Waals surface area contributed by atoms with E-state index < -0.39 is 17.9 Å². The van der Waals surface area contributed by atoms with E-state index in [2.05, 4.69) is 5.32 Å². The summed E-state index contributed by atoms with van der Waals surface area (Å²) < 4.78 is 10.7. The SMILES string of the molecule is COc1ccc(CCN(CCC(=O)O)C(=O)c2ccccc2-c2ccccc2C(=O)N[C@H](CO)c2ccccc2)cc1OC. The zero-order valence-electron chi connectivity index (χ0n) is 24.7. The van der Waals surface area contributed by atoms with Crippen LogP contribution in [0.4, 0.5) is 0 Å². The zero-order chi connectivity index (χ0) is 31.5. The van der Waals surface area contributed by atoms with Gasteiger partial charge >= 0.3 is 5.97 Å². The maximum Gasteiger partial charge on any atom is 0.305 e. The Morgan fingerprint density at radius 2 is 1.39 bits per heavy atom. The number of aliphatic carboxylic acids is 1. The fourth-order valence-electron chi connectivity index (χ4n) is 4.99. The molecule has 0 spiro atoms. The summed E-state index contributed by atoms with van der Waals surface area (Å²) in [6, 6.07) is 28.0. The highest BCUT2D eigenvalue weighted by Crippen LogP contribution is 2.30. The first kappa shape index (κ1) is 31.8. The number of aliphatic hydroxyl groups excluding tert-OH is 1. The molecule has 0 aliphatic rings. The van der Waals surface area contributed by atoms with Crippen molar-refractivity contribution in [3.05, 3.63) is 119 Å². The van der Waals surface area contributed by atoms with Crippen LogP contribution in [0.5, 0.6) is 11.5 Å². The van der Waals surface area contributed by atoms with Crippen molar-refractivity contribution in [2.75, 3.05) is 33.9 Å². The van der Waals surface area contributed by atoms with Gasteiger partial charge in [-0.25, -0.2) is 0 Å². The van der Waals surface area contributed by atoms with Gasteiger partial charge in [-0.3, -0.25) is 14.4 Å². The van der Waals surface area contributed by atoms with Crippen molar-refractivity contribution in [1.82, 2.24) is 10.2 Å². The van der Waals surface area contributed by atoms with E-state index in [9.17, 15) is 24.6 Å². The van der Waals surface area contributed by atoms with Crippen LogP contribution in [0.2, 0.25) is 0 Å². The van der Waals surface area contributed by atoms with Gasteiger partial charge in [-0.1, -0.05) is 72.8 Å². The van der Waals surface area contributed by atoms with Gasteiger partial charge in [0.15, 0.2) is 11.5 Å². The minimum absolute atomic E-state index is 0.00712. The van der Waals surface area contributed by atoms with E-state index in [1.807, 2.05) is 42.5 Å². The third-order valence-electron chi connectivity index (χ3n) is 7.31. The number of carbonyl (C=O) groups excluding carboxylic acids is 2. The highest BCUT2D eigenvalue weighted by atomic mass is 16.5. The lowest BCUT2D eigenvalue weighted by molar-refractivity contribution is -0.137. The molecule has 0 aliphatic heterocycles. The molecule has 0 radical (unpaired) electrons. The molecule has 3 N–H and O–H groups in total. The number of ether oxygens (including phenoxy) is 2. The molecular formula is C35H36N2O7. The average Bonchev–Trinajstić information content (AvgIpc) is 3.06. The van der Waals surface area contributed by atoms with Gasteiger partial charge in [-0.05, 0) is 52.9 Å². The first-order valence-corrected chi connectivity index (χ1v) is 14.2. The predicted molar refractivity (Wildman–Crippen MR) is 167 cm³/mol. The van der Waals surface area contributed by atoms with E-state index in [0.29, 0.717) is 40.2 Å². The summed E-state index contributed by atoms with van der Waals surface area (Å²) in [5.74, 6) is -0.622. The number of hydrogen-bond acceptors (Lipinski definition) is 6. The molecule has 9 nitrogen and oxygen atoms in total. The van der Waals surface area contributed by atoms with Crippen LogP contribution in [0.1, 0.15) is 44.3 Å². The Labute approximate surface area is 256 Å². The third-order valence-corrected chi connectivity index (χ3v) is 7.31. The normalized spacial score (nSPS) is 11.3. The number of methoxy groups -OCH3 is 2. The number of hydrogen-bond donors (Lipinski definition) is 3. The molecule has 9 heteroatoms. The molecule has 0 aliphatic carbocycles. The van der Waals surface area contributed by atoms with Crippen LogP contribution in [0.3, 0.4) is 0 Å². The van der Waals surface area contributed by atoms with Gasteiger partial charge < -0.3 is 29.9 Å². The van der Waals surface area contributed by atoms with Crippen molar-refractivity contribution in [2.24, 2.45) is 0 Å². The summed E-state index contributed by atoms with van der Waals surface area (Å²) in [6.07, 6.45) is 0.232. The maximum atomic E-state index is 14.0. The molecule has 0 saturated carbocycles. The summed E-state index contributed by atoms with van der Waals surface area (Å²) in [6.45, 7) is -0.0217. The van der Waals surface area contributed by atoms with Crippen LogP contribution in [0.25, 0.3) is 11.1 Å². The lowest BCUT2D eigenvalue weighted by Gasteiger charge is -2.24. The van der Waals surface area contributed by atoms with Crippen LogP contribution in [0.15, 0.2) is 97.1 Å². The van der Waals surface area contributed by atoms with E-state index in [1.54, 1.807) is 68.8 Å². The molecule has 0 fully saturated rings. The Hall–Kier alpha value is -5.15. The van der Waals surface area contributed by atoms with E-state index >= 15 is 0 Å². The molecule has 4 aromatic rings. The Morgan fingerprint density at radius 3 is 2.02 bits per heavy atom. The molecule has 0 saturated heterocycles. The van der Waals surface area contributed by atoms with Gasteiger partial charge in [-0.2, -0.15) is 0 Å². The van der Waals surface area contributed by atoms with Crippen molar-refractivity contribution in [1.29, 1.82) is 0 Å². The zero-order valence-corrected chi connectivity index (χ0v) is 24.7. The lowest BCUT2D eigenvalue weighted by atomic mass is 9.94. The molecule has 4 rings (SSSR count). The van der Waals surface area contributed by atoms with Gasteiger partial charge in [0.25, 0.3) is 11.8 Å². The standard InChI is InChI=1S/C35H36N2O7/c1-43-31-17-16-24(22-32(31)44-2)18-20-37(21-19-33(39)40)35(42)29-15-9-7-13-27(29)26-12-6-8-14-28(26)34(41)36-30(23-38)25-10-4-3-5-11-25/h3-17,22,30,38H,18-21,23H2,1-2H3,(H,36,41)(H,39,40)/t30-/m1/s1. The Morgan fingerprint density at radius 1 is 0.773 bits per heavy atom. The van der Waals surface area contributed by atoms with Crippen LogP contribution >= 0.6 is 0 Å². The third kappa shape index (κ3) is 7.81. The van der Waals surface area contributed by atoms with Crippen LogP contribution in [-0.2, 0) is 11.2 Å². The van der Waals surface area contributed by atoms with Crippen molar-refractivity contribution < 1.29 is 34.1 Å². The molecule has 44 heavy (non-hydrogen) atoms. The largest absolute Gasteiger partial charge is 0.493 e. The second-order valence-electron chi connectivity index (χ2n) is 10.1. The van der Waals surface area contributed by atoms with Gasteiger partial charge in [-0.15, -0.1) is 0 Å². The van der Waals surface area contributed by atoms with Crippen LogP contribution in [-0.4, -0.2) is 66.8 Å². The molecule has 4 aromatic carbocycles. The molecule has 0 heterocycles. The Kier molecular flexibility index (Phi) is 11.1. The molecule has 228 valence electrons. The van der Waals surface area contributed by atoms with Crippen molar-refractivity contribution in [2.45, 2.75) is 18.9 Å². The summed E-state index contributed by atoms with van der Waals surface area (Å²) >= 11 is 0. The van der Waals surface area contributed by atoms with E-state index in [0.717, 1.165) is 11.1 Å². The second-order valence-corrected chi connectivity index (χ2v) is 10.1. The van der Waals surface area contributed by atoms with E-state index in [1.165, 1.54) is 4.90 Å². The predicted octanol–water partition coefficient (Wildman–Crippen LogP) is 4.99. The molecule has 1 atom stereocenters. The highest BCUT2D eigenvalue weighted by molar-refractivity contribution is 6.06. The number of aliphatic hydroxyl groups is 1. The fourth-order valence-corrected chi connectivity index (χ4v) is 4.99. The number of amides is 2. The number of carbonyl (C=O) groups is 3. The molecule has 0 unspecified atom stereocenters. The summed E-state index contributed by atoms with van der Waals surface area (Å²) in [5, 5.41) is 22.3. The Bertz CT molecular complexity index is 1590. The maximum absolute atomic E-state index is 14.0. The minimum atomic E-state index is -1.01. The summed E-state index contributed by atoms with van der Waals surface area (Å²) in [7, 11) is 3.10. The molecular weight excluding hydrogens is 560 g/mol. The molecule has 2 amide bonds. The smallest absolute Gasteiger partial charge is 0.305 e. The minimum Gasteiger partial charge on any atom is -0.493 e. The molecule has 0 aromatic heterocycles. The van der Waals surface area contributed by atoms with E-state index in [-0.39, 0.29) is 32.0 Å². The number of rotatable bonds is 14. The fraction of sp³-hybridized carbons (Fsp3) is 0.229. The highest BCUT2D eigenvalue weighted by Gasteiger charge is 2.24. The van der Waals surface area contributed by atoms with Crippen molar-refractivity contribution >= 4 is 17.8 Å². The summed E-state index contributed by atoms with van der Waals surface area (Å²) in [5.41, 5.74) is 3.41. The quantitative estimate of drug-likeness (QED) is 0.187. The number of carboxylic acid groups (broad SMARTS) is 1. The van der Waals surface area contributed by atoms with Gasteiger partial charge in [0.2, 0.25) is 0 Å². The van der Waals surface area contributed by atoms with E-state index in [4.69, 9.17) is 9.47 Å². The number of carboxylic acids is 1. The monoisotopic (exact) mass is 596 g/mol. The van der Waals surface area contributed by atoms with Crippen LogP contribution in [0, 0.1) is 0 Å². The van der Waals surface area contributed by atoms with Gasteiger partial charge in [0.05, 0.1) is 33.3 Å². The average molecular weight is 597 g/mol. The lowest BCUT2D eigenvalue weighted by Crippen LogP contribution is -2.35. The number of nitrogens with one attached hydrogen (secondary N) is 1. The van der Waals surface area contributed by atoms with Crippen molar-refractivity contribution in [3.63, 3.8) is 0 Å². The van der Waals surface area contributed by atoms with Crippen molar-refractivity contribution in [3.8, 4) is 22.6 Å². The summed E-state index contributed by atoms with van der Waals surface area (Å²) in [4.78, 5) is 40.6. The van der Waals surface area contributed by atoms with Gasteiger partial charge in [0.1, 0.15) is 0 Å². The first-order valence-electron chi connectivity index (χ1n) is 14.2. The second kappa shape index (κ2) is 15.4. The first-order chi connectivity index (χ1) is 21.4. The number of nitrogens with zero attached hydrogens (tertiary/aromatic N) is 1. The molecule has 0 bridgehead atoms. The number of benzene rings is 4.